The van der Waals surface area contributed by atoms with Crippen LogP contribution in [0.15, 0.2) is 0 Å². The predicted octanol–water partition coefficient (Wildman–Crippen LogP) is 5.38. The summed E-state index contributed by atoms with van der Waals surface area (Å²) in [6.45, 7) is 5.38. The van der Waals surface area contributed by atoms with Gasteiger partial charge in [-0.05, 0) is 122 Å². The molecule has 0 aromatic heterocycles. The zero-order valence-corrected chi connectivity index (χ0v) is 15.9. The second kappa shape index (κ2) is 4.44. The number of rotatable bonds is 2. The van der Waals surface area contributed by atoms with E-state index in [1.807, 2.05) is 0 Å². The van der Waals surface area contributed by atoms with E-state index in [9.17, 15) is 0 Å². The molecule has 1 nitrogen and oxygen atoms in total. The third kappa shape index (κ3) is 1.47. The quantitative estimate of drug-likeness (QED) is 0.723. The van der Waals surface area contributed by atoms with Crippen LogP contribution in [0.25, 0.3) is 0 Å². The van der Waals surface area contributed by atoms with Gasteiger partial charge in [-0.3, -0.25) is 0 Å². The number of nitrogens with two attached hydrogens (primary N) is 1. The SMILES string of the molecule is CC(C1CC1)C1CCC2C1(C)CCC1C34CCC(N)CC3CCC214. The van der Waals surface area contributed by atoms with Crippen molar-refractivity contribution in [2.45, 2.75) is 90.5 Å². The summed E-state index contributed by atoms with van der Waals surface area (Å²) >= 11 is 0. The molecule has 0 aromatic rings. The smallest absolute Gasteiger partial charge is 0.00418 e. The van der Waals surface area contributed by atoms with Gasteiger partial charge in [-0.1, -0.05) is 13.8 Å². The molecule has 1 heteroatoms. The summed E-state index contributed by atoms with van der Waals surface area (Å²) in [5.74, 6) is 6.36. The molecule has 0 saturated heterocycles. The molecule has 2 spiro atoms. The van der Waals surface area contributed by atoms with Gasteiger partial charge in [0.25, 0.3) is 0 Å². The Bertz CT molecular complexity index is 566. The second-order valence-electron chi connectivity index (χ2n) is 11.4. The zero-order valence-electron chi connectivity index (χ0n) is 15.9. The third-order valence-electron chi connectivity index (χ3n) is 11.2. The molecule has 0 bridgehead atoms. The van der Waals surface area contributed by atoms with E-state index in [4.69, 9.17) is 5.73 Å². The third-order valence-corrected chi connectivity index (χ3v) is 11.2. The van der Waals surface area contributed by atoms with Crippen molar-refractivity contribution >= 4 is 0 Å². The van der Waals surface area contributed by atoms with Gasteiger partial charge in [0, 0.05) is 6.04 Å². The second-order valence-corrected chi connectivity index (χ2v) is 11.4. The Labute approximate surface area is 148 Å². The first-order chi connectivity index (χ1) is 11.5. The van der Waals surface area contributed by atoms with Gasteiger partial charge in [0.1, 0.15) is 0 Å². The molecule has 24 heavy (non-hydrogen) atoms. The molecule has 0 amide bonds. The molecule has 2 N–H and O–H groups in total. The Morgan fingerprint density at radius 3 is 2.42 bits per heavy atom. The van der Waals surface area contributed by atoms with Crippen LogP contribution in [-0.2, 0) is 0 Å². The summed E-state index contributed by atoms with van der Waals surface area (Å²) in [5.41, 5.74) is 8.66. The van der Waals surface area contributed by atoms with Crippen molar-refractivity contribution in [2.75, 3.05) is 0 Å². The summed E-state index contributed by atoms with van der Waals surface area (Å²) in [5, 5.41) is 0. The summed E-state index contributed by atoms with van der Waals surface area (Å²) in [7, 11) is 0. The molecule has 0 aromatic carbocycles. The van der Waals surface area contributed by atoms with Crippen molar-refractivity contribution in [1.29, 1.82) is 0 Å². The lowest BCUT2D eigenvalue weighted by molar-refractivity contribution is 0.0123. The Hall–Kier alpha value is -0.0400. The van der Waals surface area contributed by atoms with Crippen LogP contribution >= 0.6 is 0 Å². The van der Waals surface area contributed by atoms with Crippen LogP contribution in [0, 0.1) is 51.8 Å². The topological polar surface area (TPSA) is 26.0 Å². The Balaban J connectivity index is 1.36. The van der Waals surface area contributed by atoms with Gasteiger partial charge in [0.2, 0.25) is 0 Å². The highest BCUT2D eigenvalue weighted by Crippen LogP contribution is 2.91. The minimum atomic E-state index is 0.524. The molecule has 6 rings (SSSR count). The predicted molar refractivity (Wildman–Crippen MR) is 98.3 cm³/mol. The Morgan fingerprint density at radius 1 is 0.833 bits per heavy atom. The van der Waals surface area contributed by atoms with E-state index in [1.165, 1.54) is 38.5 Å². The minimum Gasteiger partial charge on any atom is -0.328 e. The van der Waals surface area contributed by atoms with Crippen LogP contribution < -0.4 is 5.73 Å². The lowest BCUT2D eigenvalue weighted by Gasteiger charge is -2.47. The summed E-state index contributed by atoms with van der Waals surface area (Å²) in [4.78, 5) is 0. The first-order valence-corrected chi connectivity index (χ1v) is 11.3. The van der Waals surface area contributed by atoms with Crippen LogP contribution in [0.4, 0.5) is 0 Å². The van der Waals surface area contributed by atoms with Gasteiger partial charge >= 0.3 is 0 Å². The molecule has 9 atom stereocenters. The molecule has 134 valence electrons. The van der Waals surface area contributed by atoms with Crippen molar-refractivity contribution in [2.24, 2.45) is 57.5 Å². The van der Waals surface area contributed by atoms with Crippen molar-refractivity contribution in [1.82, 2.24) is 0 Å². The van der Waals surface area contributed by atoms with Crippen LogP contribution in [0.3, 0.4) is 0 Å². The fourth-order valence-corrected chi connectivity index (χ4v) is 10.3. The summed E-state index contributed by atoms with van der Waals surface area (Å²) in [6.07, 6.45) is 16.7. The van der Waals surface area contributed by atoms with Crippen LogP contribution in [-0.4, -0.2) is 6.04 Å². The van der Waals surface area contributed by atoms with Crippen molar-refractivity contribution < 1.29 is 0 Å². The summed E-state index contributed by atoms with van der Waals surface area (Å²) in [6, 6.07) is 0.524. The van der Waals surface area contributed by atoms with Gasteiger partial charge in [0.05, 0.1) is 0 Å². The Kier molecular flexibility index (Phi) is 2.78. The standard InChI is InChI=1S/C23H37N/c1-14(15-3-4-15)18-5-6-19-21(18,2)10-9-20-22-12-8-17(24)13-16(22)7-11-23(19,20)22/h14-20H,3-13,24H2,1-2H3. The van der Waals surface area contributed by atoms with Gasteiger partial charge in [-0.2, -0.15) is 0 Å². The fourth-order valence-electron chi connectivity index (χ4n) is 10.3. The summed E-state index contributed by atoms with van der Waals surface area (Å²) < 4.78 is 0. The van der Waals surface area contributed by atoms with Crippen LogP contribution in [0.2, 0.25) is 0 Å². The van der Waals surface area contributed by atoms with Crippen LogP contribution in [0.1, 0.15) is 84.5 Å². The molecule has 0 radical (unpaired) electrons. The highest BCUT2D eigenvalue weighted by atomic mass is 14.9. The minimum absolute atomic E-state index is 0.524. The number of fused-ring (bicyclic) bond motifs is 1. The van der Waals surface area contributed by atoms with Gasteiger partial charge in [-0.15, -0.1) is 0 Å². The molecule has 9 unspecified atom stereocenters. The van der Waals surface area contributed by atoms with E-state index in [-0.39, 0.29) is 0 Å². The van der Waals surface area contributed by atoms with E-state index in [1.54, 1.807) is 32.1 Å². The lowest BCUT2D eigenvalue weighted by Crippen LogP contribution is -2.41. The molecule has 6 aliphatic carbocycles. The molecule has 0 heterocycles. The van der Waals surface area contributed by atoms with Crippen LogP contribution in [0.5, 0.6) is 0 Å². The van der Waals surface area contributed by atoms with Crippen molar-refractivity contribution in [3.8, 4) is 0 Å². The average molecular weight is 328 g/mol. The van der Waals surface area contributed by atoms with E-state index in [0.717, 1.165) is 46.3 Å². The molecular weight excluding hydrogens is 290 g/mol. The van der Waals surface area contributed by atoms with Gasteiger partial charge in [0.15, 0.2) is 0 Å². The largest absolute Gasteiger partial charge is 0.328 e. The first kappa shape index (κ1) is 15.1. The molecule has 0 aliphatic heterocycles. The fraction of sp³-hybridized carbons (Fsp3) is 1.00. The number of hydrogen-bond donors (Lipinski definition) is 1. The molecular formula is C23H37N. The van der Waals surface area contributed by atoms with E-state index < -0.39 is 0 Å². The average Bonchev–Trinajstić information content (AvgIpc) is 3.43. The maximum atomic E-state index is 6.39. The normalized spacial score (nSPS) is 62.4. The van der Waals surface area contributed by atoms with E-state index in [0.29, 0.717) is 11.5 Å². The van der Waals surface area contributed by atoms with E-state index >= 15 is 0 Å². The highest BCUT2D eigenvalue weighted by Gasteiger charge is 2.86. The van der Waals surface area contributed by atoms with Crippen molar-refractivity contribution in [3.05, 3.63) is 0 Å². The first-order valence-electron chi connectivity index (χ1n) is 11.3. The Morgan fingerprint density at radius 2 is 1.62 bits per heavy atom. The highest BCUT2D eigenvalue weighted by molar-refractivity contribution is 5.33. The van der Waals surface area contributed by atoms with E-state index in [2.05, 4.69) is 13.8 Å². The molecule has 6 fully saturated rings. The number of hydrogen-bond acceptors (Lipinski definition) is 1. The van der Waals surface area contributed by atoms with Gasteiger partial charge < -0.3 is 5.73 Å². The zero-order chi connectivity index (χ0) is 16.3. The monoisotopic (exact) mass is 327 g/mol. The van der Waals surface area contributed by atoms with Gasteiger partial charge in [-0.25, -0.2) is 0 Å². The maximum Gasteiger partial charge on any atom is 0.00418 e. The molecule has 6 aliphatic rings. The lowest BCUT2D eigenvalue weighted by atomic mass is 9.57. The van der Waals surface area contributed by atoms with Crippen molar-refractivity contribution in [3.63, 3.8) is 0 Å². The molecule has 6 saturated carbocycles. The maximum absolute atomic E-state index is 6.39.